The quantitative estimate of drug-likeness (QED) is 0.805. The van der Waals surface area contributed by atoms with Crippen LogP contribution >= 0.6 is 11.6 Å². The number of hydrogen-bond acceptors (Lipinski definition) is 3. The largest absolute Gasteiger partial charge is 0.438 e. The molecule has 0 aliphatic carbocycles. The van der Waals surface area contributed by atoms with Crippen molar-refractivity contribution in [3.63, 3.8) is 0 Å². The standard InChI is InChI=1S/C11H8ClFN2O/c1-7-6-8(2-3-9(7)13)16-11-5-4-10(12)14-15-11/h2-6H,1H3. The van der Waals surface area contributed by atoms with E-state index in [2.05, 4.69) is 10.2 Å². The molecule has 1 heterocycles. The zero-order chi connectivity index (χ0) is 11.5. The molecule has 0 bridgehead atoms. The van der Waals surface area contributed by atoms with Gasteiger partial charge in [0.1, 0.15) is 11.6 Å². The first kappa shape index (κ1) is 10.8. The highest BCUT2D eigenvalue weighted by molar-refractivity contribution is 6.29. The molecule has 0 saturated carbocycles. The summed E-state index contributed by atoms with van der Waals surface area (Å²) < 4.78 is 18.4. The van der Waals surface area contributed by atoms with Gasteiger partial charge in [-0.25, -0.2) is 4.39 Å². The summed E-state index contributed by atoms with van der Waals surface area (Å²) in [6.07, 6.45) is 0. The van der Waals surface area contributed by atoms with Crippen molar-refractivity contribution in [3.05, 3.63) is 46.9 Å². The van der Waals surface area contributed by atoms with Crippen LogP contribution in [0.3, 0.4) is 0 Å². The molecular weight excluding hydrogens is 231 g/mol. The van der Waals surface area contributed by atoms with Crippen molar-refractivity contribution >= 4 is 11.6 Å². The lowest BCUT2D eigenvalue weighted by atomic mass is 10.2. The second-order valence-corrected chi connectivity index (χ2v) is 3.59. The van der Waals surface area contributed by atoms with E-state index in [0.29, 0.717) is 22.3 Å². The van der Waals surface area contributed by atoms with Crippen molar-refractivity contribution in [2.24, 2.45) is 0 Å². The van der Waals surface area contributed by atoms with Crippen LogP contribution in [-0.2, 0) is 0 Å². The van der Waals surface area contributed by atoms with Gasteiger partial charge >= 0.3 is 0 Å². The molecule has 16 heavy (non-hydrogen) atoms. The minimum atomic E-state index is -0.269. The van der Waals surface area contributed by atoms with Crippen LogP contribution < -0.4 is 4.74 Å². The summed E-state index contributed by atoms with van der Waals surface area (Å²) >= 11 is 5.58. The highest BCUT2D eigenvalue weighted by atomic mass is 35.5. The number of nitrogens with zero attached hydrogens (tertiary/aromatic N) is 2. The van der Waals surface area contributed by atoms with E-state index in [0.717, 1.165) is 0 Å². The number of aromatic nitrogens is 2. The fraction of sp³-hybridized carbons (Fsp3) is 0.0909. The summed E-state index contributed by atoms with van der Waals surface area (Å²) in [5.74, 6) is 0.556. The van der Waals surface area contributed by atoms with Crippen LogP contribution in [0, 0.1) is 12.7 Å². The first-order chi connectivity index (χ1) is 7.65. The van der Waals surface area contributed by atoms with E-state index in [-0.39, 0.29) is 5.82 Å². The minimum Gasteiger partial charge on any atom is -0.438 e. The van der Waals surface area contributed by atoms with Gasteiger partial charge in [0.05, 0.1) is 0 Å². The molecule has 0 fully saturated rings. The third-order valence-electron chi connectivity index (χ3n) is 1.96. The average molecular weight is 239 g/mol. The molecule has 3 nitrogen and oxygen atoms in total. The van der Waals surface area contributed by atoms with Crippen molar-refractivity contribution in [2.45, 2.75) is 6.92 Å². The predicted octanol–water partition coefficient (Wildman–Crippen LogP) is 3.37. The van der Waals surface area contributed by atoms with E-state index in [4.69, 9.17) is 16.3 Å². The Labute approximate surface area is 96.8 Å². The van der Waals surface area contributed by atoms with Gasteiger partial charge in [-0.15, -0.1) is 10.2 Å². The van der Waals surface area contributed by atoms with Gasteiger partial charge in [-0.2, -0.15) is 0 Å². The number of halogens is 2. The number of rotatable bonds is 2. The van der Waals surface area contributed by atoms with Gasteiger partial charge in [-0.3, -0.25) is 0 Å². The Kier molecular flexibility index (Phi) is 3.01. The molecule has 0 spiro atoms. The van der Waals surface area contributed by atoms with Gasteiger partial charge in [0, 0.05) is 6.07 Å². The lowest BCUT2D eigenvalue weighted by Crippen LogP contribution is -1.91. The SMILES string of the molecule is Cc1cc(Oc2ccc(Cl)nn2)ccc1F. The van der Waals surface area contributed by atoms with Crippen LogP contribution in [0.1, 0.15) is 5.56 Å². The van der Waals surface area contributed by atoms with E-state index in [1.807, 2.05) is 0 Å². The molecule has 5 heteroatoms. The molecule has 0 radical (unpaired) electrons. The average Bonchev–Trinajstić information content (AvgIpc) is 2.27. The van der Waals surface area contributed by atoms with Gasteiger partial charge in [-0.05, 0) is 36.8 Å². The lowest BCUT2D eigenvalue weighted by molar-refractivity contribution is 0.453. The van der Waals surface area contributed by atoms with Crippen molar-refractivity contribution in [1.82, 2.24) is 10.2 Å². The highest BCUT2D eigenvalue weighted by Gasteiger charge is 2.02. The van der Waals surface area contributed by atoms with Crippen LogP contribution in [0.25, 0.3) is 0 Å². The number of aryl methyl sites for hydroxylation is 1. The summed E-state index contributed by atoms with van der Waals surface area (Å²) in [5.41, 5.74) is 0.513. The van der Waals surface area contributed by atoms with Crippen LogP contribution in [0.5, 0.6) is 11.6 Å². The number of hydrogen-bond donors (Lipinski definition) is 0. The maximum atomic E-state index is 13.0. The zero-order valence-corrected chi connectivity index (χ0v) is 9.20. The molecular formula is C11H8ClFN2O. The monoisotopic (exact) mass is 238 g/mol. The molecule has 0 unspecified atom stereocenters. The second-order valence-electron chi connectivity index (χ2n) is 3.21. The van der Waals surface area contributed by atoms with E-state index in [1.54, 1.807) is 25.1 Å². The van der Waals surface area contributed by atoms with Crippen molar-refractivity contribution in [2.75, 3.05) is 0 Å². The molecule has 2 aromatic rings. The smallest absolute Gasteiger partial charge is 0.238 e. The predicted molar refractivity (Wildman–Crippen MR) is 58.3 cm³/mol. The molecule has 82 valence electrons. The third kappa shape index (κ3) is 2.46. The third-order valence-corrected chi connectivity index (χ3v) is 2.16. The van der Waals surface area contributed by atoms with Gasteiger partial charge in [0.2, 0.25) is 5.88 Å². The molecule has 2 rings (SSSR count). The van der Waals surface area contributed by atoms with Gasteiger partial charge < -0.3 is 4.74 Å². The fourth-order valence-corrected chi connectivity index (χ4v) is 1.26. The molecule has 1 aromatic heterocycles. The van der Waals surface area contributed by atoms with Crippen LogP contribution in [0.15, 0.2) is 30.3 Å². The van der Waals surface area contributed by atoms with Crippen LogP contribution in [-0.4, -0.2) is 10.2 Å². The minimum absolute atomic E-state index is 0.269. The molecule has 0 atom stereocenters. The summed E-state index contributed by atoms with van der Waals surface area (Å²) in [5, 5.41) is 7.65. The normalized spacial score (nSPS) is 10.2. The Morgan fingerprint density at radius 1 is 1.19 bits per heavy atom. The topological polar surface area (TPSA) is 35.0 Å². The van der Waals surface area contributed by atoms with E-state index in [9.17, 15) is 4.39 Å². The van der Waals surface area contributed by atoms with Crippen molar-refractivity contribution in [3.8, 4) is 11.6 Å². The van der Waals surface area contributed by atoms with Crippen molar-refractivity contribution < 1.29 is 9.13 Å². The molecule has 0 saturated heterocycles. The fourth-order valence-electron chi connectivity index (χ4n) is 1.16. The Balaban J connectivity index is 2.20. The molecule has 1 aromatic carbocycles. The molecule has 0 N–H and O–H groups in total. The lowest BCUT2D eigenvalue weighted by Gasteiger charge is -2.04. The number of ether oxygens (including phenoxy) is 1. The van der Waals surface area contributed by atoms with E-state index >= 15 is 0 Å². The van der Waals surface area contributed by atoms with E-state index < -0.39 is 0 Å². The molecule has 0 aliphatic rings. The van der Waals surface area contributed by atoms with Gasteiger partial charge in [0.25, 0.3) is 0 Å². The summed E-state index contributed by atoms with van der Waals surface area (Å²) in [6, 6.07) is 7.62. The maximum absolute atomic E-state index is 13.0. The van der Waals surface area contributed by atoms with Gasteiger partial charge in [0.15, 0.2) is 5.15 Å². The summed E-state index contributed by atoms with van der Waals surface area (Å²) in [4.78, 5) is 0. The molecule has 0 amide bonds. The second kappa shape index (κ2) is 4.45. The maximum Gasteiger partial charge on any atom is 0.238 e. The zero-order valence-electron chi connectivity index (χ0n) is 8.45. The Morgan fingerprint density at radius 3 is 2.62 bits per heavy atom. The van der Waals surface area contributed by atoms with Crippen molar-refractivity contribution in [1.29, 1.82) is 0 Å². The molecule has 0 aliphatic heterocycles. The van der Waals surface area contributed by atoms with Crippen LogP contribution in [0.2, 0.25) is 5.15 Å². The Morgan fingerprint density at radius 2 is 2.00 bits per heavy atom. The van der Waals surface area contributed by atoms with Gasteiger partial charge in [-0.1, -0.05) is 11.6 Å². The summed E-state index contributed by atoms with van der Waals surface area (Å²) in [6.45, 7) is 1.66. The first-order valence-corrected chi connectivity index (χ1v) is 4.96. The Hall–Kier alpha value is -1.68. The van der Waals surface area contributed by atoms with E-state index in [1.165, 1.54) is 12.1 Å². The van der Waals surface area contributed by atoms with Crippen LogP contribution in [0.4, 0.5) is 4.39 Å². The highest BCUT2D eigenvalue weighted by Crippen LogP contribution is 2.21. The summed E-state index contributed by atoms with van der Waals surface area (Å²) in [7, 11) is 0. The number of benzene rings is 1. The first-order valence-electron chi connectivity index (χ1n) is 4.58. The Bertz CT molecular complexity index is 502.